The predicted octanol–water partition coefficient (Wildman–Crippen LogP) is 4.44. The van der Waals surface area contributed by atoms with Crippen molar-refractivity contribution in [1.29, 1.82) is 0 Å². The first-order valence-corrected chi connectivity index (χ1v) is 6.86. The van der Waals surface area contributed by atoms with Gasteiger partial charge in [-0.05, 0) is 35.6 Å². The van der Waals surface area contributed by atoms with Gasteiger partial charge in [-0.15, -0.1) is 0 Å². The number of carbonyl (C=O) groups is 1. The number of ketones is 1. The first kappa shape index (κ1) is 13.5. The Kier molecular flexibility index (Phi) is 4.51. The number of carbonyl (C=O) groups excluding carboxylic acids is 1. The molecule has 0 aliphatic carbocycles. The summed E-state index contributed by atoms with van der Waals surface area (Å²) in [5, 5.41) is 0. The van der Waals surface area contributed by atoms with Crippen LogP contribution in [-0.4, -0.2) is 5.78 Å². The molecule has 0 aliphatic rings. The van der Waals surface area contributed by atoms with Crippen LogP contribution in [0.2, 0.25) is 0 Å². The lowest BCUT2D eigenvalue weighted by molar-refractivity contribution is -0.116. The van der Waals surface area contributed by atoms with E-state index in [1.54, 1.807) is 6.92 Å². The Balaban J connectivity index is 2.15. The van der Waals surface area contributed by atoms with Gasteiger partial charge in [0.15, 0.2) is 0 Å². The Morgan fingerprint density at radius 2 is 1.32 bits per heavy atom. The first-order valence-electron chi connectivity index (χ1n) is 6.86. The summed E-state index contributed by atoms with van der Waals surface area (Å²) in [7, 11) is 0. The molecule has 19 heavy (non-hydrogen) atoms. The van der Waals surface area contributed by atoms with Gasteiger partial charge >= 0.3 is 0 Å². The highest BCUT2D eigenvalue weighted by Crippen LogP contribution is 2.21. The van der Waals surface area contributed by atoms with Crippen LogP contribution in [0.3, 0.4) is 0 Å². The third kappa shape index (κ3) is 3.78. The molecule has 0 aromatic heterocycles. The van der Waals surface area contributed by atoms with Crippen molar-refractivity contribution in [2.24, 2.45) is 0 Å². The van der Waals surface area contributed by atoms with Crippen molar-refractivity contribution in [3.8, 4) is 11.1 Å². The zero-order valence-corrected chi connectivity index (χ0v) is 11.6. The van der Waals surface area contributed by atoms with Gasteiger partial charge in [0.2, 0.25) is 0 Å². The summed E-state index contributed by atoms with van der Waals surface area (Å²) in [4.78, 5) is 11.1. The van der Waals surface area contributed by atoms with Crippen LogP contribution in [0.25, 0.3) is 11.1 Å². The first-order chi connectivity index (χ1) is 9.19. The Bertz CT molecular complexity index is 535. The Morgan fingerprint density at radius 3 is 1.74 bits per heavy atom. The second-order valence-corrected chi connectivity index (χ2v) is 5.02. The fourth-order valence-corrected chi connectivity index (χ4v) is 2.26. The van der Waals surface area contributed by atoms with Crippen molar-refractivity contribution < 1.29 is 4.79 Å². The SMILES string of the molecule is CCCc1ccc(-c2ccc(CC(C)=O)cc2)cc1. The third-order valence-electron chi connectivity index (χ3n) is 3.23. The lowest BCUT2D eigenvalue weighted by Gasteiger charge is -2.05. The second kappa shape index (κ2) is 6.33. The number of Topliss-reactive ketones (excluding diaryl/α,β-unsaturated/α-hetero) is 1. The summed E-state index contributed by atoms with van der Waals surface area (Å²) in [6, 6.07) is 17.0. The normalized spacial score (nSPS) is 10.4. The number of hydrogen-bond donors (Lipinski definition) is 0. The molecular weight excluding hydrogens is 232 g/mol. The van der Waals surface area contributed by atoms with Crippen molar-refractivity contribution in [1.82, 2.24) is 0 Å². The minimum atomic E-state index is 0.205. The Morgan fingerprint density at radius 1 is 0.842 bits per heavy atom. The van der Waals surface area contributed by atoms with E-state index < -0.39 is 0 Å². The molecule has 0 amide bonds. The molecule has 1 nitrogen and oxygen atoms in total. The lowest BCUT2D eigenvalue weighted by atomic mass is 10.00. The largest absolute Gasteiger partial charge is 0.300 e. The zero-order chi connectivity index (χ0) is 13.7. The van der Waals surface area contributed by atoms with Crippen LogP contribution < -0.4 is 0 Å². The van der Waals surface area contributed by atoms with E-state index in [1.165, 1.54) is 23.1 Å². The van der Waals surface area contributed by atoms with E-state index >= 15 is 0 Å². The molecule has 0 saturated carbocycles. The average molecular weight is 252 g/mol. The molecule has 0 atom stereocenters. The van der Waals surface area contributed by atoms with Crippen LogP contribution in [0.15, 0.2) is 48.5 Å². The molecule has 2 aromatic rings. The molecule has 0 bridgehead atoms. The second-order valence-electron chi connectivity index (χ2n) is 5.02. The molecule has 1 heteroatoms. The topological polar surface area (TPSA) is 17.1 Å². The van der Waals surface area contributed by atoms with Gasteiger partial charge in [-0.1, -0.05) is 61.9 Å². The Hall–Kier alpha value is -1.89. The molecule has 0 heterocycles. The highest BCUT2D eigenvalue weighted by Gasteiger charge is 2.00. The van der Waals surface area contributed by atoms with Crippen LogP contribution in [0.5, 0.6) is 0 Å². The number of aryl methyl sites for hydroxylation is 1. The quantitative estimate of drug-likeness (QED) is 0.769. The maximum Gasteiger partial charge on any atom is 0.134 e. The van der Waals surface area contributed by atoms with Gasteiger partial charge in [0.25, 0.3) is 0 Å². The summed E-state index contributed by atoms with van der Waals surface area (Å²) in [5.41, 5.74) is 4.91. The van der Waals surface area contributed by atoms with Crippen LogP contribution in [0, 0.1) is 0 Å². The van der Waals surface area contributed by atoms with Gasteiger partial charge in [-0.2, -0.15) is 0 Å². The van der Waals surface area contributed by atoms with Gasteiger partial charge in [-0.25, -0.2) is 0 Å². The van der Waals surface area contributed by atoms with Gasteiger partial charge in [0.05, 0.1) is 0 Å². The van der Waals surface area contributed by atoms with Crippen molar-refractivity contribution in [2.45, 2.75) is 33.1 Å². The van der Waals surface area contributed by atoms with Gasteiger partial charge in [0, 0.05) is 6.42 Å². The smallest absolute Gasteiger partial charge is 0.134 e. The summed E-state index contributed by atoms with van der Waals surface area (Å²) in [5.74, 6) is 0.205. The van der Waals surface area contributed by atoms with E-state index in [2.05, 4.69) is 43.3 Å². The van der Waals surface area contributed by atoms with Gasteiger partial charge in [-0.3, -0.25) is 4.79 Å². The van der Waals surface area contributed by atoms with Gasteiger partial charge < -0.3 is 0 Å². The maximum atomic E-state index is 11.1. The van der Waals surface area contributed by atoms with E-state index in [0.29, 0.717) is 6.42 Å². The molecule has 0 unspecified atom stereocenters. The average Bonchev–Trinajstić information content (AvgIpc) is 2.40. The standard InChI is InChI=1S/C18H20O/c1-3-4-15-5-9-17(10-6-15)18-11-7-16(8-12-18)13-14(2)19/h5-12H,3-4,13H2,1-2H3. The van der Waals surface area contributed by atoms with E-state index in [9.17, 15) is 4.79 Å². The summed E-state index contributed by atoms with van der Waals surface area (Å²) >= 11 is 0. The minimum absolute atomic E-state index is 0.205. The molecule has 0 spiro atoms. The van der Waals surface area contributed by atoms with E-state index in [0.717, 1.165) is 12.0 Å². The highest BCUT2D eigenvalue weighted by atomic mass is 16.1. The minimum Gasteiger partial charge on any atom is -0.300 e. The van der Waals surface area contributed by atoms with E-state index in [1.807, 2.05) is 12.1 Å². The fraction of sp³-hybridized carbons (Fsp3) is 0.278. The molecule has 98 valence electrons. The highest BCUT2D eigenvalue weighted by molar-refractivity contribution is 5.78. The maximum absolute atomic E-state index is 11.1. The molecule has 0 N–H and O–H groups in total. The molecule has 0 aliphatic heterocycles. The predicted molar refractivity (Wildman–Crippen MR) is 80.3 cm³/mol. The molecule has 2 rings (SSSR count). The number of rotatable bonds is 5. The van der Waals surface area contributed by atoms with Crippen LogP contribution >= 0.6 is 0 Å². The summed E-state index contributed by atoms with van der Waals surface area (Å²) < 4.78 is 0. The third-order valence-corrected chi connectivity index (χ3v) is 3.23. The van der Waals surface area contributed by atoms with Crippen LogP contribution in [0.4, 0.5) is 0 Å². The molecule has 0 saturated heterocycles. The van der Waals surface area contributed by atoms with E-state index in [4.69, 9.17) is 0 Å². The van der Waals surface area contributed by atoms with Crippen molar-refractivity contribution >= 4 is 5.78 Å². The van der Waals surface area contributed by atoms with Gasteiger partial charge in [0.1, 0.15) is 5.78 Å². The van der Waals surface area contributed by atoms with Crippen molar-refractivity contribution in [3.63, 3.8) is 0 Å². The van der Waals surface area contributed by atoms with Crippen LogP contribution in [0.1, 0.15) is 31.4 Å². The molecule has 0 fully saturated rings. The molecular formula is C18H20O. The monoisotopic (exact) mass is 252 g/mol. The van der Waals surface area contributed by atoms with E-state index in [-0.39, 0.29) is 5.78 Å². The lowest BCUT2D eigenvalue weighted by Crippen LogP contribution is -1.95. The van der Waals surface area contributed by atoms with Crippen molar-refractivity contribution in [3.05, 3.63) is 59.7 Å². The number of hydrogen-bond acceptors (Lipinski definition) is 1. The molecule has 2 aromatic carbocycles. The van der Waals surface area contributed by atoms with Crippen molar-refractivity contribution in [2.75, 3.05) is 0 Å². The van der Waals surface area contributed by atoms with Crippen LogP contribution in [-0.2, 0) is 17.6 Å². The summed E-state index contributed by atoms with van der Waals surface area (Å²) in [6.07, 6.45) is 2.84. The molecule has 0 radical (unpaired) electrons. The summed E-state index contributed by atoms with van der Waals surface area (Å²) in [6.45, 7) is 3.82. The number of benzene rings is 2. The zero-order valence-electron chi connectivity index (χ0n) is 11.6. The Labute approximate surface area is 115 Å². The fourth-order valence-electron chi connectivity index (χ4n) is 2.26.